The van der Waals surface area contributed by atoms with E-state index in [1.165, 1.54) is 141 Å². The summed E-state index contributed by atoms with van der Waals surface area (Å²) in [6.07, 6.45) is 31.7. The first-order valence-electron chi connectivity index (χ1n) is 18.0. The Morgan fingerprint density at radius 2 is 0.805 bits per heavy atom. The first-order valence-corrected chi connectivity index (χ1v) is 18.0. The second-order valence-electron chi connectivity index (χ2n) is 13.3. The molecule has 0 bridgehead atoms. The molecule has 41 heavy (non-hydrogen) atoms. The first-order chi connectivity index (χ1) is 19.9. The monoisotopic (exact) mass is 584 g/mol. The molecule has 1 amide bonds. The van der Waals surface area contributed by atoms with Crippen LogP contribution in [0.5, 0.6) is 0 Å². The average molecular weight is 584 g/mol. The van der Waals surface area contributed by atoms with Gasteiger partial charge in [-0.15, -0.1) is 0 Å². The summed E-state index contributed by atoms with van der Waals surface area (Å²) in [6.45, 7) is 12.6. The van der Waals surface area contributed by atoms with E-state index in [-0.39, 0.29) is 6.04 Å². The summed E-state index contributed by atoms with van der Waals surface area (Å²) in [4.78, 5) is 12.3. The van der Waals surface area contributed by atoms with Gasteiger partial charge in [0, 0.05) is 13.2 Å². The van der Waals surface area contributed by atoms with Crippen molar-refractivity contribution in [1.82, 2.24) is 5.32 Å². The molecule has 0 atom stereocenters. The lowest BCUT2D eigenvalue weighted by atomic mass is 10.1. The van der Waals surface area contributed by atoms with E-state index in [0.717, 1.165) is 26.1 Å². The summed E-state index contributed by atoms with van der Waals surface area (Å²) in [5, 5.41) is 2.96. The van der Waals surface area contributed by atoms with Crippen molar-refractivity contribution < 1.29 is 19.0 Å². The van der Waals surface area contributed by atoms with E-state index >= 15 is 0 Å². The van der Waals surface area contributed by atoms with Gasteiger partial charge in [0.1, 0.15) is 5.60 Å². The molecule has 0 radical (unpaired) electrons. The summed E-state index contributed by atoms with van der Waals surface area (Å²) in [6, 6.07) is -0.181. The SMILES string of the molecule is CCCCCCCCCCCCCCOCC(COCCCCCCCCCCCCCC)NC(=O)OC(C)(C)C. The molecule has 0 aromatic rings. The largest absolute Gasteiger partial charge is 0.444 e. The minimum Gasteiger partial charge on any atom is -0.444 e. The van der Waals surface area contributed by atoms with Crippen molar-refractivity contribution in [3.05, 3.63) is 0 Å². The Morgan fingerprint density at radius 3 is 1.10 bits per heavy atom. The molecule has 0 aliphatic heterocycles. The number of carbonyl (C=O) groups excluding carboxylic acids is 1. The lowest BCUT2D eigenvalue weighted by Gasteiger charge is -2.23. The Bertz CT molecular complexity index is 502. The number of carbonyl (C=O) groups is 1. The van der Waals surface area contributed by atoms with Crippen LogP contribution in [0.25, 0.3) is 0 Å². The van der Waals surface area contributed by atoms with Crippen LogP contribution in [0, 0.1) is 0 Å². The highest BCUT2D eigenvalue weighted by Crippen LogP contribution is 2.13. The molecular formula is C36H73NO4. The molecule has 1 N–H and O–H groups in total. The van der Waals surface area contributed by atoms with Gasteiger partial charge in [-0.25, -0.2) is 4.79 Å². The van der Waals surface area contributed by atoms with Gasteiger partial charge in [0.05, 0.1) is 19.3 Å². The normalized spacial score (nSPS) is 11.9. The molecular weight excluding hydrogens is 510 g/mol. The molecule has 0 rings (SSSR count). The van der Waals surface area contributed by atoms with E-state index in [2.05, 4.69) is 19.2 Å². The summed E-state index contributed by atoms with van der Waals surface area (Å²) < 4.78 is 17.3. The molecule has 0 saturated carbocycles. The fraction of sp³-hybridized carbons (Fsp3) is 0.972. The number of rotatable bonds is 31. The lowest BCUT2D eigenvalue weighted by molar-refractivity contribution is 0.0278. The summed E-state index contributed by atoms with van der Waals surface area (Å²) >= 11 is 0. The van der Waals surface area contributed by atoms with E-state index in [9.17, 15) is 4.79 Å². The molecule has 246 valence electrons. The van der Waals surface area contributed by atoms with Crippen LogP contribution in [0.3, 0.4) is 0 Å². The smallest absolute Gasteiger partial charge is 0.408 e. The lowest BCUT2D eigenvalue weighted by Crippen LogP contribution is -2.44. The highest BCUT2D eigenvalue weighted by Gasteiger charge is 2.20. The van der Waals surface area contributed by atoms with Crippen LogP contribution in [-0.2, 0) is 14.2 Å². The highest BCUT2D eigenvalue weighted by molar-refractivity contribution is 5.68. The van der Waals surface area contributed by atoms with Gasteiger partial charge in [-0.3, -0.25) is 0 Å². The summed E-state index contributed by atoms with van der Waals surface area (Å²) in [5.41, 5.74) is -0.513. The molecule has 0 aliphatic carbocycles. The minimum atomic E-state index is -0.513. The third-order valence-corrected chi connectivity index (χ3v) is 7.64. The van der Waals surface area contributed by atoms with Crippen LogP contribution < -0.4 is 5.32 Å². The van der Waals surface area contributed by atoms with E-state index < -0.39 is 11.7 Å². The maximum Gasteiger partial charge on any atom is 0.408 e. The van der Waals surface area contributed by atoms with Gasteiger partial charge in [-0.2, -0.15) is 0 Å². The zero-order valence-electron chi connectivity index (χ0n) is 28.5. The molecule has 0 aliphatic rings. The van der Waals surface area contributed by atoms with Gasteiger partial charge in [0.25, 0.3) is 0 Å². The number of ether oxygens (including phenoxy) is 3. The van der Waals surface area contributed by atoms with Gasteiger partial charge in [-0.05, 0) is 33.6 Å². The Kier molecular flexibility index (Phi) is 30.0. The summed E-state index contributed by atoms with van der Waals surface area (Å²) in [5.74, 6) is 0. The van der Waals surface area contributed by atoms with Crippen LogP contribution in [0.2, 0.25) is 0 Å². The maximum atomic E-state index is 12.3. The third-order valence-electron chi connectivity index (χ3n) is 7.64. The van der Waals surface area contributed by atoms with E-state index in [1.807, 2.05) is 20.8 Å². The first kappa shape index (κ1) is 40.2. The molecule has 0 unspecified atom stereocenters. The fourth-order valence-electron chi connectivity index (χ4n) is 5.15. The minimum absolute atomic E-state index is 0.181. The number of nitrogens with one attached hydrogen (secondary N) is 1. The van der Waals surface area contributed by atoms with Crippen molar-refractivity contribution in [3.8, 4) is 0 Å². The topological polar surface area (TPSA) is 56.8 Å². The zero-order valence-corrected chi connectivity index (χ0v) is 28.5. The van der Waals surface area contributed by atoms with E-state index in [1.54, 1.807) is 0 Å². The van der Waals surface area contributed by atoms with Gasteiger partial charge < -0.3 is 19.5 Å². The van der Waals surface area contributed by atoms with Crippen molar-refractivity contribution in [2.75, 3.05) is 26.4 Å². The van der Waals surface area contributed by atoms with Crippen molar-refractivity contribution in [2.45, 2.75) is 200 Å². The van der Waals surface area contributed by atoms with Crippen LogP contribution in [0.1, 0.15) is 189 Å². The Morgan fingerprint density at radius 1 is 0.512 bits per heavy atom. The van der Waals surface area contributed by atoms with Crippen LogP contribution in [-0.4, -0.2) is 44.2 Å². The molecule has 5 nitrogen and oxygen atoms in total. The Hall–Kier alpha value is -0.810. The van der Waals surface area contributed by atoms with Crippen LogP contribution in [0.4, 0.5) is 4.79 Å². The second kappa shape index (κ2) is 30.6. The third kappa shape index (κ3) is 33.6. The quantitative estimate of drug-likeness (QED) is 0.0825. The number of unbranched alkanes of at least 4 members (excludes halogenated alkanes) is 22. The number of amides is 1. The maximum absolute atomic E-state index is 12.3. The van der Waals surface area contributed by atoms with Gasteiger partial charge in [0.2, 0.25) is 0 Å². The molecule has 0 saturated heterocycles. The Balaban J connectivity index is 3.87. The predicted molar refractivity (Wildman–Crippen MR) is 177 cm³/mol. The molecule has 0 heterocycles. The Labute approximate surface area is 257 Å². The molecule has 0 fully saturated rings. The van der Waals surface area contributed by atoms with Gasteiger partial charge in [-0.1, -0.05) is 155 Å². The molecule has 0 aromatic heterocycles. The van der Waals surface area contributed by atoms with Gasteiger partial charge >= 0.3 is 6.09 Å². The van der Waals surface area contributed by atoms with Crippen molar-refractivity contribution in [2.24, 2.45) is 0 Å². The zero-order chi connectivity index (χ0) is 30.3. The van der Waals surface area contributed by atoms with Crippen molar-refractivity contribution in [1.29, 1.82) is 0 Å². The molecule has 5 heteroatoms. The summed E-state index contributed by atoms with van der Waals surface area (Å²) in [7, 11) is 0. The predicted octanol–water partition coefficient (Wildman–Crippen LogP) is 11.3. The molecule has 0 spiro atoms. The number of alkyl carbamates (subject to hydrolysis) is 1. The van der Waals surface area contributed by atoms with Crippen LogP contribution >= 0.6 is 0 Å². The van der Waals surface area contributed by atoms with E-state index in [0.29, 0.717) is 13.2 Å². The van der Waals surface area contributed by atoms with Crippen molar-refractivity contribution in [3.63, 3.8) is 0 Å². The average Bonchev–Trinajstić information content (AvgIpc) is 2.92. The van der Waals surface area contributed by atoms with Crippen LogP contribution in [0.15, 0.2) is 0 Å². The number of hydrogen-bond donors (Lipinski definition) is 1. The molecule has 0 aromatic carbocycles. The standard InChI is InChI=1S/C36H73NO4/c1-6-8-10-12-14-16-18-20-22-24-26-28-30-39-32-34(37-35(38)41-36(3,4)5)33-40-31-29-27-25-23-21-19-17-15-13-11-9-7-2/h34H,6-33H2,1-5H3,(H,37,38). The highest BCUT2D eigenvalue weighted by atomic mass is 16.6. The second-order valence-corrected chi connectivity index (χ2v) is 13.3. The van der Waals surface area contributed by atoms with Gasteiger partial charge in [0.15, 0.2) is 0 Å². The van der Waals surface area contributed by atoms with Crippen molar-refractivity contribution >= 4 is 6.09 Å². The number of hydrogen-bond acceptors (Lipinski definition) is 4. The fourth-order valence-corrected chi connectivity index (χ4v) is 5.15. The van der Waals surface area contributed by atoms with E-state index in [4.69, 9.17) is 14.2 Å².